The van der Waals surface area contributed by atoms with Crippen LogP contribution in [-0.4, -0.2) is 10.1 Å². The average molecular weight is 224 g/mol. The van der Waals surface area contributed by atoms with E-state index in [0.717, 1.165) is 11.1 Å². The Kier molecular flexibility index (Phi) is 2.70. The summed E-state index contributed by atoms with van der Waals surface area (Å²) >= 11 is 6.06. The van der Waals surface area contributed by atoms with Gasteiger partial charge < -0.3 is 10.3 Å². The third kappa shape index (κ3) is 2.00. The summed E-state index contributed by atoms with van der Waals surface area (Å²) in [7, 11) is 0. The van der Waals surface area contributed by atoms with Crippen LogP contribution >= 0.6 is 11.6 Å². The van der Waals surface area contributed by atoms with E-state index < -0.39 is 0 Å². The smallest absolute Gasteiger partial charge is 0.259 e. The van der Waals surface area contributed by atoms with Gasteiger partial charge >= 0.3 is 0 Å². The van der Waals surface area contributed by atoms with Gasteiger partial charge in [0.1, 0.15) is 0 Å². The zero-order chi connectivity index (χ0) is 10.8. The van der Waals surface area contributed by atoms with Gasteiger partial charge in [-0.2, -0.15) is 4.98 Å². The highest BCUT2D eigenvalue weighted by atomic mass is 35.5. The van der Waals surface area contributed by atoms with E-state index in [1.54, 1.807) is 0 Å². The molecule has 0 aliphatic carbocycles. The van der Waals surface area contributed by atoms with Crippen molar-refractivity contribution in [1.82, 2.24) is 10.1 Å². The van der Waals surface area contributed by atoms with Crippen LogP contribution in [0.15, 0.2) is 22.7 Å². The van der Waals surface area contributed by atoms with Crippen molar-refractivity contribution in [3.05, 3.63) is 34.6 Å². The van der Waals surface area contributed by atoms with Crippen LogP contribution in [0.1, 0.15) is 11.4 Å². The van der Waals surface area contributed by atoms with Crippen molar-refractivity contribution in [3.8, 4) is 11.5 Å². The predicted octanol–water partition coefficient (Wildman–Crippen LogP) is 2.16. The molecule has 2 aromatic rings. The fourth-order valence-corrected chi connectivity index (χ4v) is 1.56. The van der Waals surface area contributed by atoms with Crippen molar-refractivity contribution in [2.75, 3.05) is 0 Å². The lowest BCUT2D eigenvalue weighted by atomic mass is 10.1. The van der Waals surface area contributed by atoms with Crippen molar-refractivity contribution < 1.29 is 4.52 Å². The molecule has 78 valence electrons. The number of benzene rings is 1. The molecule has 0 amide bonds. The summed E-state index contributed by atoms with van der Waals surface area (Å²) < 4.78 is 5.04. The van der Waals surface area contributed by atoms with Crippen molar-refractivity contribution in [2.45, 2.75) is 13.5 Å². The Labute approximate surface area is 92.0 Å². The van der Waals surface area contributed by atoms with E-state index in [-0.39, 0.29) is 6.54 Å². The molecule has 0 saturated heterocycles. The van der Waals surface area contributed by atoms with Gasteiger partial charge in [0.15, 0.2) is 5.82 Å². The second kappa shape index (κ2) is 4.00. The molecule has 1 aromatic carbocycles. The van der Waals surface area contributed by atoms with Crippen LogP contribution in [-0.2, 0) is 6.54 Å². The highest BCUT2D eigenvalue weighted by Crippen LogP contribution is 2.27. The minimum absolute atomic E-state index is 0.257. The van der Waals surface area contributed by atoms with Crippen LogP contribution in [0, 0.1) is 6.92 Å². The SMILES string of the molecule is Cc1ccc(-c2nc(CN)no2)c(Cl)c1. The molecular weight excluding hydrogens is 214 g/mol. The van der Waals surface area contributed by atoms with E-state index in [2.05, 4.69) is 10.1 Å². The van der Waals surface area contributed by atoms with Crippen LogP contribution in [0.4, 0.5) is 0 Å². The van der Waals surface area contributed by atoms with E-state index >= 15 is 0 Å². The number of nitrogens with two attached hydrogens (primary N) is 1. The number of nitrogens with zero attached hydrogens (tertiary/aromatic N) is 2. The lowest BCUT2D eigenvalue weighted by Crippen LogP contribution is -1.97. The Morgan fingerprint density at radius 2 is 2.27 bits per heavy atom. The Morgan fingerprint density at radius 1 is 1.47 bits per heavy atom. The number of halogens is 1. The molecule has 2 rings (SSSR count). The van der Waals surface area contributed by atoms with Gasteiger partial charge in [-0.15, -0.1) is 0 Å². The Morgan fingerprint density at radius 3 is 2.87 bits per heavy atom. The quantitative estimate of drug-likeness (QED) is 0.847. The summed E-state index contributed by atoms with van der Waals surface area (Å²) in [6, 6.07) is 5.64. The molecule has 0 fully saturated rings. The van der Waals surface area contributed by atoms with Gasteiger partial charge in [0.2, 0.25) is 0 Å². The first-order valence-corrected chi connectivity index (χ1v) is 4.87. The Bertz CT molecular complexity index is 481. The van der Waals surface area contributed by atoms with E-state index in [9.17, 15) is 0 Å². The van der Waals surface area contributed by atoms with Crippen molar-refractivity contribution in [3.63, 3.8) is 0 Å². The molecule has 5 heteroatoms. The zero-order valence-electron chi connectivity index (χ0n) is 8.20. The van der Waals surface area contributed by atoms with Crippen molar-refractivity contribution in [2.24, 2.45) is 5.73 Å². The van der Waals surface area contributed by atoms with Crippen LogP contribution in [0.2, 0.25) is 5.02 Å². The van der Waals surface area contributed by atoms with Crippen LogP contribution in [0.3, 0.4) is 0 Å². The maximum Gasteiger partial charge on any atom is 0.259 e. The van der Waals surface area contributed by atoms with Crippen LogP contribution in [0.5, 0.6) is 0 Å². The first-order chi connectivity index (χ1) is 7.20. The molecule has 0 saturated carbocycles. The molecule has 1 heterocycles. The topological polar surface area (TPSA) is 64.9 Å². The molecule has 0 unspecified atom stereocenters. The fraction of sp³-hybridized carbons (Fsp3) is 0.200. The summed E-state index contributed by atoms with van der Waals surface area (Å²) in [5.74, 6) is 0.877. The van der Waals surface area contributed by atoms with E-state index in [0.29, 0.717) is 16.7 Å². The summed E-state index contributed by atoms with van der Waals surface area (Å²) in [4.78, 5) is 4.10. The van der Waals surface area contributed by atoms with Gasteiger partial charge in [0.25, 0.3) is 5.89 Å². The van der Waals surface area contributed by atoms with E-state index in [1.807, 2.05) is 25.1 Å². The minimum atomic E-state index is 0.257. The number of aryl methyl sites for hydroxylation is 1. The number of rotatable bonds is 2. The summed E-state index contributed by atoms with van der Waals surface area (Å²) in [5.41, 5.74) is 7.20. The van der Waals surface area contributed by atoms with Crippen molar-refractivity contribution >= 4 is 11.6 Å². The second-order valence-electron chi connectivity index (χ2n) is 3.20. The standard InChI is InChI=1S/C10H10ClN3O/c1-6-2-3-7(8(11)4-6)10-13-9(5-12)14-15-10/h2-4H,5,12H2,1H3. The van der Waals surface area contributed by atoms with Gasteiger partial charge in [-0.25, -0.2) is 0 Å². The fourth-order valence-electron chi connectivity index (χ4n) is 1.24. The normalized spacial score (nSPS) is 10.6. The molecule has 0 aliphatic rings. The first-order valence-electron chi connectivity index (χ1n) is 4.50. The molecule has 0 bridgehead atoms. The lowest BCUT2D eigenvalue weighted by molar-refractivity contribution is 0.423. The third-order valence-electron chi connectivity index (χ3n) is 2.01. The summed E-state index contributed by atoms with van der Waals surface area (Å²) in [6.45, 7) is 2.22. The van der Waals surface area contributed by atoms with Gasteiger partial charge in [-0.3, -0.25) is 0 Å². The van der Waals surface area contributed by atoms with Gasteiger partial charge in [-0.1, -0.05) is 22.8 Å². The summed E-state index contributed by atoms with van der Waals surface area (Å²) in [5, 5.41) is 4.30. The highest BCUT2D eigenvalue weighted by molar-refractivity contribution is 6.33. The average Bonchev–Trinajstić information content (AvgIpc) is 2.66. The minimum Gasteiger partial charge on any atom is -0.334 e. The maximum atomic E-state index is 6.06. The molecular formula is C10H10ClN3O. The third-order valence-corrected chi connectivity index (χ3v) is 2.32. The molecule has 0 atom stereocenters. The maximum absolute atomic E-state index is 6.06. The van der Waals surface area contributed by atoms with Gasteiger partial charge in [0.05, 0.1) is 17.1 Å². The number of hydrogen-bond acceptors (Lipinski definition) is 4. The molecule has 4 nitrogen and oxygen atoms in total. The molecule has 15 heavy (non-hydrogen) atoms. The van der Waals surface area contributed by atoms with E-state index in [4.69, 9.17) is 21.9 Å². The largest absolute Gasteiger partial charge is 0.334 e. The van der Waals surface area contributed by atoms with Crippen molar-refractivity contribution in [1.29, 1.82) is 0 Å². The monoisotopic (exact) mass is 223 g/mol. The molecule has 2 N–H and O–H groups in total. The molecule has 0 radical (unpaired) electrons. The number of aromatic nitrogens is 2. The summed E-state index contributed by atoms with van der Waals surface area (Å²) in [6.07, 6.45) is 0. The van der Waals surface area contributed by atoms with Crippen LogP contribution in [0.25, 0.3) is 11.5 Å². The molecule has 1 aromatic heterocycles. The van der Waals surface area contributed by atoms with Gasteiger partial charge in [0, 0.05) is 0 Å². The molecule has 0 spiro atoms. The van der Waals surface area contributed by atoms with Crippen LogP contribution < -0.4 is 5.73 Å². The lowest BCUT2D eigenvalue weighted by Gasteiger charge is -1.99. The Balaban J connectivity index is 2.44. The Hall–Kier alpha value is -1.39. The second-order valence-corrected chi connectivity index (χ2v) is 3.61. The number of hydrogen-bond donors (Lipinski definition) is 1. The van der Waals surface area contributed by atoms with E-state index in [1.165, 1.54) is 0 Å². The highest BCUT2D eigenvalue weighted by Gasteiger charge is 2.11. The predicted molar refractivity (Wildman–Crippen MR) is 57.4 cm³/mol. The zero-order valence-corrected chi connectivity index (χ0v) is 8.95. The first kappa shape index (κ1) is 10.1. The van der Waals surface area contributed by atoms with Gasteiger partial charge in [-0.05, 0) is 24.6 Å². The molecule has 0 aliphatic heterocycles.